The van der Waals surface area contributed by atoms with Crippen molar-refractivity contribution in [3.8, 4) is 0 Å². The Balaban J connectivity index is 2.15. The van der Waals surface area contributed by atoms with Crippen LogP contribution in [-0.4, -0.2) is 13.2 Å². The lowest BCUT2D eigenvalue weighted by molar-refractivity contribution is 0.0758. The molecule has 0 amide bonds. The van der Waals surface area contributed by atoms with Crippen LogP contribution in [0.2, 0.25) is 0 Å². The number of hydrogen-bond donors (Lipinski definition) is 0. The molecule has 1 heterocycles. The number of hydrogen-bond acceptors (Lipinski definition) is 1. The van der Waals surface area contributed by atoms with E-state index in [1.54, 1.807) is 0 Å². The van der Waals surface area contributed by atoms with Crippen LogP contribution in [0.3, 0.4) is 0 Å². The highest BCUT2D eigenvalue weighted by Crippen LogP contribution is 2.17. The monoisotopic (exact) mass is 125 g/mol. The molecule has 1 rings (SSSR count). The summed E-state index contributed by atoms with van der Waals surface area (Å²) in [6, 6.07) is 0. The summed E-state index contributed by atoms with van der Waals surface area (Å²) < 4.78 is 5.19. The summed E-state index contributed by atoms with van der Waals surface area (Å²) in [7, 11) is 0. The molecule has 0 aromatic heterocycles. The van der Waals surface area contributed by atoms with Crippen molar-refractivity contribution in [1.29, 1.82) is 0 Å². The van der Waals surface area contributed by atoms with E-state index >= 15 is 0 Å². The van der Waals surface area contributed by atoms with E-state index in [0.717, 1.165) is 19.1 Å². The first kappa shape index (κ1) is 6.81. The average molecular weight is 125 g/mol. The molecule has 9 heavy (non-hydrogen) atoms. The summed E-state index contributed by atoms with van der Waals surface area (Å²) in [5, 5.41) is 0. The highest BCUT2D eigenvalue weighted by Gasteiger charge is 2.11. The molecular weight excluding hydrogens is 112 g/mol. The van der Waals surface area contributed by atoms with Gasteiger partial charge in [-0.2, -0.15) is 0 Å². The van der Waals surface area contributed by atoms with Gasteiger partial charge in [-0.1, -0.05) is 6.08 Å². The van der Waals surface area contributed by atoms with E-state index in [1.165, 1.54) is 12.8 Å². The van der Waals surface area contributed by atoms with Crippen LogP contribution in [0, 0.1) is 12.3 Å². The van der Waals surface area contributed by atoms with Crippen LogP contribution in [0.4, 0.5) is 0 Å². The van der Waals surface area contributed by atoms with Gasteiger partial charge in [-0.05, 0) is 25.2 Å². The van der Waals surface area contributed by atoms with E-state index in [0.29, 0.717) is 0 Å². The van der Waals surface area contributed by atoms with Crippen LogP contribution in [-0.2, 0) is 4.74 Å². The molecule has 0 aliphatic carbocycles. The molecule has 51 valence electrons. The largest absolute Gasteiger partial charge is 0.381 e. The van der Waals surface area contributed by atoms with Crippen molar-refractivity contribution in [2.45, 2.75) is 12.8 Å². The molecule has 1 fully saturated rings. The van der Waals surface area contributed by atoms with Crippen molar-refractivity contribution in [3.63, 3.8) is 0 Å². The molecule has 0 aromatic rings. The van der Waals surface area contributed by atoms with Crippen molar-refractivity contribution < 1.29 is 4.74 Å². The van der Waals surface area contributed by atoms with E-state index in [9.17, 15) is 0 Å². The number of rotatable bonds is 2. The summed E-state index contributed by atoms with van der Waals surface area (Å²) >= 11 is 0. The van der Waals surface area contributed by atoms with E-state index in [-0.39, 0.29) is 0 Å². The van der Waals surface area contributed by atoms with Crippen molar-refractivity contribution >= 4 is 0 Å². The lowest BCUT2D eigenvalue weighted by atomic mass is 9.97. The normalized spacial score (nSPS) is 21.8. The predicted molar refractivity (Wildman–Crippen MR) is 38.0 cm³/mol. The van der Waals surface area contributed by atoms with Crippen LogP contribution in [0.5, 0.6) is 0 Å². The standard InChI is InChI=1S/C8H13O/c1-2-3-8-4-6-9-7-5-8/h2-3,8H,1,4-7H2. The summed E-state index contributed by atoms with van der Waals surface area (Å²) in [4.78, 5) is 0. The van der Waals surface area contributed by atoms with E-state index in [2.05, 4.69) is 13.0 Å². The van der Waals surface area contributed by atoms with Gasteiger partial charge in [0.05, 0.1) is 0 Å². The Morgan fingerprint density at radius 2 is 2.00 bits per heavy atom. The summed E-state index contributed by atoms with van der Waals surface area (Å²) in [6.07, 6.45) is 6.40. The van der Waals surface area contributed by atoms with Crippen LogP contribution in [0.1, 0.15) is 12.8 Å². The second kappa shape index (κ2) is 3.67. The van der Waals surface area contributed by atoms with Crippen molar-refractivity contribution in [2.24, 2.45) is 5.92 Å². The minimum Gasteiger partial charge on any atom is -0.381 e. The minimum absolute atomic E-state index is 0.733. The maximum absolute atomic E-state index is 5.19. The Morgan fingerprint density at radius 3 is 2.56 bits per heavy atom. The van der Waals surface area contributed by atoms with Gasteiger partial charge < -0.3 is 4.74 Å². The van der Waals surface area contributed by atoms with Crippen molar-refractivity contribution in [2.75, 3.05) is 13.2 Å². The SMILES string of the molecule is C=C[CH]C1CCOCC1. The van der Waals surface area contributed by atoms with Gasteiger partial charge in [-0.15, -0.1) is 6.58 Å². The van der Waals surface area contributed by atoms with Gasteiger partial charge in [0, 0.05) is 13.2 Å². The third kappa shape index (κ3) is 2.19. The van der Waals surface area contributed by atoms with E-state index in [1.807, 2.05) is 6.08 Å². The second-order valence-electron chi connectivity index (χ2n) is 2.38. The Hall–Kier alpha value is -0.300. The Labute approximate surface area is 56.7 Å². The third-order valence-corrected chi connectivity index (χ3v) is 1.67. The zero-order chi connectivity index (χ0) is 6.53. The molecule has 1 heteroatoms. The van der Waals surface area contributed by atoms with Crippen molar-refractivity contribution in [1.82, 2.24) is 0 Å². The topological polar surface area (TPSA) is 9.23 Å². The van der Waals surface area contributed by atoms with Crippen LogP contribution >= 0.6 is 0 Å². The highest BCUT2D eigenvalue weighted by molar-refractivity contribution is 4.92. The fourth-order valence-electron chi connectivity index (χ4n) is 1.10. The lowest BCUT2D eigenvalue weighted by Crippen LogP contribution is -2.15. The summed E-state index contributed by atoms with van der Waals surface area (Å²) in [6.45, 7) is 5.51. The lowest BCUT2D eigenvalue weighted by Gasteiger charge is -2.19. The molecule has 1 saturated heterocycles. The zero-order valence-electron chi connectivity index (χ0n) is 5.68. The maximum Gasteiger partial charge on any atom is 0.0468 e. The Morgan fingerprint density at radius 1 is 1.33 bits per heavy atom. The van der Waals surface area contributed by atoms with Gasteiger partial charge in [0.2, 0.25) is 0 Å². The molecule has 0 unspecified atom stereocenters. The minimum atomic E-state index is 0.733. The molecule has 1 aliphatic rings. The first-order valence-corrected chi connectivity index (χ1v) is 3.47. The first-order chi connectivity index (χ1) is 4.43. The molecule has 1 radical (unpaired) electrons. The molecule has 0 N–H and O–H groups in total. The molecular formula is C8H13O. The van der Waals surface area contributed by atoms with Crippen molar-refractivity contribution in [3.05, 3.63) is 19.1 Å². The fraction of sp³-hybridized carbons (Fsp3) is 0.625. The average Bonchev–Trinajstić information content (AvgIpc) is 1.91. The molecule has 0 saturated carbocycles. The molecule has 1 aliphatic heterocycles. The van der Waals surface area contributed by atoms with Gasteiger partial charge in [0.1, 0.15) is 0 Å². The van der Waals surface area contributed by atoms with Gasteiger partial charge in [0.15, 0.2) is 0 Å². The van der Waals surface area contributed by atoms with Gasteiger partial charge in [-0.25, -0.2) is 0 Å². The van der Waals surface area contributed by atoms with E-state index < -0.39 is 0 Å². The predicted octanol–water partition coefficient (Wildman–Crippen LogP) is 1.80. The quantitative estimate of drug-likeness (QED) is 0.547. The third-order valence-electron chi connectivity index (χ3n) is 1.67. The van der Waals surface area contributed by atoms with E-state index in [4.69, 9.17) is 4.74 Å². The Kier molecular flexibility index (Phi) is 2.78. The smallest absolute Gasteiger partial charge is 0.0468 e. The van der Waals surface area contributed by atoms with Crippen LogP contribution in [0.15, 0.2) is 12.7 Å². The van der Waals surface area contributed by atoms with Crippen LogP contribution < -0.4 is 0 Å². The number of allylic oxidation sites excluding steroid dienone is 1. The molecule has 0 spiro atoms. The second-order valence-corrected chi connectivity index (χ2v) is 2.38. The Bertz CT molecular complexity index is 82.6. The maximum atomic E-state index is 5.19. The van der Waals surface area contributed by atoms with Gasteiger partial charge >= 0.3 is 0 Å². The molecule has 0 aromatic carbocycles. The molecule has 1 nitrogen and oxygen atoms in total. The van der Waals surface area contributed by atoms with Gasteiger partial charge in [-0.3, -0.25) is 0 Å². The molecule has 0 bridgehead atoms. The zero-order valence-corrected chi connectivity index (χ0v) is 5.68. The number of ether oxygens (including phenoxy) is 1. The fourth-order valence-corrected chi connectivity index (χ4v) is 1.10. The first-order valence-electron chi connectivity index (χ1n) is 3.47. The van der Waals surface area contributed by atoms with Gasteiger partial charge in [0.25, 0.3) is 0 Å². The summed E-state index contributed by atoms with van der Waals surface area (Å²) in [5.41, 5.74) is 0. The molecule has 0 atom stereocenters. The summed E-state index contributed by atoms with van der Waals surface area (Å²) in [5.74, 6) is 0.733. The highest BCUT2D eigenvalue weighted by atomic mass is 16.5. The van der Waals surface area contributed by atoms with Crippen LogP contribution in [0.25, 0.3) is 0 Å².